The summed E-state index contributed by atoms with van der Waals surface area (Å²) >= 11 is 0. The molecule has 4 nitrogen and oxygen atoms in total. The molecule has 7 rings (SSSR count). The maximum absolute atomic E-state index is 11.3. The number of rotatable bonds is 3. The van der Waals surface area contributed by atoms with Gasteiger partial charge in [-0.2, -0.15) is 0 Å². The molecule has 3 aromatic rings. The summed E-state index contributed by atoms with van der Waals surface area (Å²) < 4.78 is 5.56. The number of piperidine rings is 1. The molecule has 3 aliphatic carbocycles. The largest absolute Gasteiger partial charge is 0.504 e. The summed E-state index contributed by atoms with van der Waals surface area (Å²) in [4.78, 5) is 6.56. The van der Waals surface area contributed by atoms with Gasteiger partial charge in [0.1, 0.15) is 0 Å². The Balaban J connectivity index is 1.43. The highest BCUT2D eigenvalue weighted by Gasteiger charge is 2.57. The number of aromatic hydroxyl groups is 1. The van der Waals surface area contributed by atoms with Crippen LogP contribution in [-0.4, -0.2) is 41.2 Å². The third kappa shape index (κ3) is 2.46. The Bertz CT molecular complexity index is 1190. The van der Waals surface area contributed by atoms with E-state index < -0.39 is 0 Å². The Morgan fingerprint density at radius 2 is 2.03 bits per heavy atom. The number of nitrogens with one attached hydrogen (secondary N) is 1. The van der Waals surface area contributed by atoms with E-state index in [1.54, 1.807) is 7.11 Å². The number of para-hydroxylation sites is 1. The van der Waals surface area contributed by atoms with E-state index in [0.29, 0.717) is 23.5 Å². The Kier molecular flexibility index (Phi) is 3.68. The lowest BCUT2D eigenvalue weighted by Gasteiger charge is -2.59. The Labute approximate surface area is 183 Å². The normalized spacial score (nSPS) is 29.3. The lowest BCUT2D eigenvalue weighted by atomic mass is 9.52. The molecular formula is C27H30N2O2. The standard InChI is InChI=1S/C27H30N2O2/c1-31-24-9-8-17-12-23-20-13-19-18-4-2-3-5-21(18)28-22(19)14-27(20,25(17)26(24)30)10-11-29(23)15-16-6-7-16/h2-5,8-9,16,20,23,28,30H,6-7,10-15H2,1H3/t20-,23-,27+/m0/s1. The smallest absolute Gasteiger partial charge is 0.161 e. The minimum absolute atomic E-state index is 0.00913. The SMILES string of the molecule is COc1ccc2c(c1O)[C@@]13CCN(CC4CC4)[C@@H](C2)[C@@H]1Cc1c([nH]c2ccccc12)C3. The van der Waals surface area contributed by atoms with E-state index in [4.69, 9.17) is 4.74 Å². The first-order valence-corrected chi connectivity index (χ1v) is 11.9. The zero-order chi connectivity index (χ0) is 20.7. The summed E-state index contributed by atoms with van der Waals surface area (Å²) in [6.45, 7) is 2.40. The fourth-order valence-electron chi connectivity index (χ4n) is 7.30. The summed E-state index contributed by atoms with van der Waals surface area (Å²) in [5.41, 5.74) is 6.65. The second kappa shape index (κ2) is 6.29. The van der Waals surface area contributed by atoms with Gasteiger partial charge < -0.3 is 14.8 Å². The van der Waals surface area contributed by atoms with Crippen LogP contribution in [0, 0.1) is 11.8 Å². The average Bonchev–Trinajstić information content (AvgIpc) is 3.53. The molecule has 1 saturated heterocycles. The van der Waals surface area contributed by atoms with Crippen LogP contribution in [0.2, 0.25) is 0 Å². The number of nitrogens with zero attached hydrogens (tertiary/aromatic N) is 1. The molecule has 2 aromatic carbocycles. The van der Waals surface area contributed by atoms with Crippen molar-refractivity contribution in [2.75, 3.05) is 20.2 Å². The molecule has 160 valence electrons. The Morgan fingerprint density at radius 3 is 2.87 bits per heavy atom. The predicted molar refractivity (Wildman–Crippen MR) is 122 cm³/mol. The molecule has 1 aliphatic heterocycles. The zero-order valence-electron chi connectivity index (χ0n) is 18.2. The third-order valence-corrected chi connectivity index (χ3v) is 8.87. The van der Waals surface area contributed by atoms with Gasteiger partial charge in [-0.1, -0.05) is 24.3 Å². The van der Waals surface area contributed by atoms with Gasteiger partial charge in [0, 0.05) is 40.2 Å². The minimum Gasteiger partial charge on any atom is -0.504 e. The fourth-order valence-corrected chi connectivity index (χ4v) is 7.30. The highest BCUT2D eigenvalue weighted by atomic mass is 16.5. The van der Waals surface area contributed by atoms with Crippen LogP contribution in [0.4, 0.5) is 0 Å². The fraction of sp³-hybridized carbons (Fsp3) is 0.481. The number of phenols is 1. The monoisotopic (exact) mass is 414 g/mol. The quantitative estimate of drug-likeness (QED) is 0.660. The van der Waals surface area contributed by atoms with Crippen LogP contribution in [0.15, 0.2) is 36.4 Å². The number of ether oxygens (including phenoxy) is 1. The van der Waals surface area contributed by atoms with E-state index in [0.717, 1.165) is 38.1 Å². The van der Waals surface area contributed by atoms with E-state index in [2.05, 4.69) is 40.2 Å². The van der Waals surface area contributed by atoms with Crippen molar-refractivity contribution in [2.24, 2.45) is 11.8 Å². The van der Waals surface area contributed by atoms with Crippen LogP contribution < -0.4 is 4.74 Å². The Hall–Kier alpha value is -2.46. The highest BCUT2D eigenvalue weighted by Crippen LogP contribution is 2.58. The van der Waals surface area contributed by atoms with Gasteiger partial charge in [0.2, 0.25) is 0 Å². The van der Waals surface area contributed by atoms with Gasteiger partial charge in [-0.05, 0) is 80.2 Å². The van der Waals surface area contributed by atoms with E-state index in [9.17, 15) is 5.11 Å². The molecular weight excluding hydrogens is 384 g/mol. The van der Waals surface area contributed by atoms with Crippen LogP contribution in [0.5, 0.6) is 11.5 Å². The van der Waals surface area contributed by atoms with Crippen molar-refractivity contribution in [3.63, 3.8) is 0 Å². The molecule has 0 unspecified atom stereocenters. The molecule has 2 heterocycles. The van der Waals surface area contributed by atoms with Crippen molar-refractivity contribution >= 4 is 10.9 Å². The van der Waals surface area contributed by atoms with Crippen LogP contribution in [0.25, 0.3) is 10.9 Å². The first-order valence-electron chi connectivity index (χ1n) is 11.9. The molecule has 1 saturated carbocycles. The average molecular weight is 415 g/mol. The molecule has 0 spiro atoms. The van der Waals surface area contributed by atoms with Gasteiger partial charge in [0.25, 0.3) is 0 Å². The molecule has 4 heteroatoms. The van der Waals surface area contributed by atoms with Gasteiger partial charge in [-0.3, -0.25) is 4.90 Å². The van der Waals surface area contributed by atoms with Crippen molar-refractivity contribution in [3.05, 3.63) is 58.8 Å². The lowest BCUT2D eigenvalue weighted by molar-refractivity contribution is 0.00387. The topological polar surface area (TPSA) is 48.5 Å². The van der Waals surface area contributed by atoms with Gasteiger partial charge in [-0.25, -0.2) is 0 Å². The molecule has 4 aliphatic rings. The molecule has 3 atom stereocenters. The molecule has 1 aromatic heterocycles. The number of fused-ring (bicyclic) bond motifs is 4. The van der Waals surface area contributed by atoms with Crippen molar-refractivity contribution < 1.29 is 9.84 Å². The molecule has 2 bridgehead atoms. The number of hydrogen-bond donors (Lipinski definition) is 2. The second-order valence-corrected chi connectivity index (χ2v) is 10.4. The maximum Gasteiger partial charge on any atom is 0.161 e. The van der Waals surface area contributed by atoms with Crippen LogP contribution >= 0.6 is 0 Å². The second-order valence-electron chi connectivity index (χ2n) is 10.4. The molecule has 31 heavy (non-hydrogen) atoms. The van der Waals surface area contributed by atoms with Gasteiger partial charge in [0.15, 0.2) is 11.5 Å². The van der Waals surface area contributed by atoms with Gasteiger partial charge in [-0.15, -0.1) is 0 Å². The molecule has 2 N–H and O–H groups in total. The number of likely N-dealkylation sites (tertiary alicyclic amines) is 1. The summed E-state index contributed by atoms with van der Waals surface area (Å²) in [5, 5.41) is 12.7. The zero-order valence-corrected chi connectivity index (χ0v) is 18.2. The number of aromatic amines is 1. The van der Waals surface area contributed by atoms with Crippen molar-refractivity contribution in [3.8, 4) is 11.5 Å². The summed E-state index contributed by atoms with van der Waals surface area (Å²) in [5.74, 6) is 2.45. The van der Waals surface area contributed by atoms with Crippen LogP contribution in [0.1, 0.15) is 41.6 Å². The lowest BCUT2D eigenvalue weighted by Crippen LogP contribution is -2.62. The van der Waals surface area contributed by atoms with E-state index in [-0.39, 0.29) is 5.41 Å². The van der Waals surface area contributed by atoms with Crippen molar-refractivity contribution in [2.45, 2.75) is 50.0 Å². The molecule has 2 fully saturated rings. The van der Waals surface area contributed by atoms with Gasteiger partial charge >= 0.3 is 0 Å². The number of hydrogen-bond acceptors (Lipinski definition) is 3. The molecule has 0 radical (unpaired) electrons. The first kappa shape index (κ1) is 18.1. The van der Waals surface area contributed by atoms with E-state index in [1.165, 1.54) is 52.7 Å². The van der Waals surface area contributed by atoms with Crippen molar-refractivity contribution in [1.82, 2.24) is 9.88 Å². The Morgan fingerprint density at radius 1 is 1.16 bits per heavy atom. The highest BCUT2D eigenvalue weighted by molar-refractivity contribution is 5.85. The number of aromatic nitrogens is 1. The van der Waals surface area contributed by atoms with Gasteiger partial charge in [0.05, 0.1) is 7.11 Å². The summed E-state index contributed by atoms with van der Waals surface area (Å²) in [7, 11) is 1.66. The summed E-state index contributed by atoms with van der Waals surface area (Å²) in [6, 6.07) is 13.5. The van der Waals surface area contributed by atoms with Crippen LogP contribution in [-0.2, 0) is 24.7 Å². The first-order chi connectivity index (χ1) is 15.2. The summed E-state index contributed by atoms with van der Waals surface area (Å²) in [6.07, 6.45) is 7.05. The van der Waals surface area contributed by atoms with Crippen LogP contribution in [0.3, 0.4) is 0 Å². The number of phenolic OH excluding ortho intramolecular Hbond substituents is 1. The number of methoxy groups -OCH3 is 1. The minimum atomic E-state index is -0.00913. The van der Waals surface area contributed by atoms with Crippen molar-refractivity contribution in [1.29, 1.82) is 0 Å². The molecule has 0 amide bonds. The number of benzene rings is 2. The predicted octanol–water partition coefficient (Wildman–Crippen LogP) is 4.58. The van der Waals surface area contributed by atoms with E-state index in [1.807, 2.05) is 6.07 Å². The third-order valence-electron chi connectivity index (χ3n) is 8.87. The van der Waals surface area contributed by atoms with E-state index >= 15 is 0 Å². The maximum atomic E-state index is 11.3. The number of H-pyrrole nitrogens is 1.